The van der Waals surface area contributed by atoms with E-state index in [4.69, 9.17) is 16.6 Å². The van der Waals surface area contributed by atoms with E-state index in [1.165, 1.54) is 11.1 Å². The lowest BCUT2D eigenvalue weighted by Gasteiger charge is -2.26. The standard InChI is InChI=1S/C24H24ClF2N5/c1-31-10-7-15-11-16(3-4-17(15)13-31)21-12-29-23-24(30-21)32(9-2-8-28-23)14-18-19(26)5-6-20(27)22(18)25/h3-6,11-12H,2,7-10,13-14H2,1H3,(H,28,29). The van der Waals surface area contributed by atoms with E-state index < -0.39 is 11.6 Å². The van der Waals surface area contributed by atoms with Crippen molar-refractivity contribution in [3.8, 4) is 11.3 Å². The normalized spacial score (nSPS) is 16.2. The average Bonchev–Trinajstić information content (AvgIpc) is 3.00. The van der Waals surface area contributed by atoms with Crippen LogP contribution in [0.15, 0.2) is 36.5 Å². The van der Waals surface area contributed by atoms with E-state index in [-0.39, 0.29) is 17.1 Å². The van der Waals surface area contributed by atoms with Crippen LogP contribution in [0.25, 0.3) is 11.3 Å². The van der Waals surface area contributed by atoms with Crippen LogP contribution in [-0.2, 0) is 19.5 Å². The lowest BCUT2D eigenvalue weighted by Crippen LogP contribution is -2.26. The highest BCUT2D eigenvalue weighted by molar-refractivity contribution is 6.31. The van der Waals surface area contributed by atoms with E-state index >= 15 is 0 Å². The minimum absolute atomic E-state index is 0.117. The van der Waals surface area contributed by atoms with Crippen LogP contribution in [0.2, 0.25) is 5.02 Å². The molecule has 32 heavy (non-hydrogen) atoms. The fourth-order valence-electron chi connectivity index (χ4n) is 4.36. The number of likely N-dealkylation sites (N-methyl/N-ethyl adjacent to an activating group) is 1. The number of hydrogen-bond donors (Lipinski definition) is 1. The van der Waals surface area contributed by atoms with Crippen LogP contribution in [0.4, 0.5) is 20.4 Å². The van der Waals surface area contributed by atoms with Crippen molar-refractivity contribution in [2.24, 2.45) is 0 Å². The van der Waals surface area contributed by atoms with Crippen LogP contribution in [-0.4, -0.2) is 41.5 Å². The molecular weight excluding hydrogens is 432 g/mol. The molecule has 0 saturated heterocycles. The number of aromatic nitrogens is 2. The summed E-state index contributed by atoms with van der Waals surface area (Å²) in [6.07, 6.45) is 3.58. The second kappa shape index (κ2) is 8.64. The van der Waals surface area contributed by atoms with Crippen LogP contribution < -0.4 is 10.2 Å². The average molecular weight is 456 g/mol. The Labute approximate surface area is 191 Å². The Morgan fingerprint density at radius 2 is 1.94 bits per heavy atom. The van der Waals surface area contributed by atoms with E-state index in [1.807, 2.05) is 4.90 Å². The molecule has 0 spiro atoms. The topological polar surface area (TPSA) is 44.3 Å². The number of fused-ring (bicyclic) bond motifs is 2. The molecule has 0 atom stereocenters. The molecule has 2 aliphatic rings. The molecule has 3 heterocycles. The summed E-state index contributed by atoms with van der Waals surface area (Å²) in [5, 5.41) is 3.11. The zero-order valence-corrected chi connectivity index (χ0v) is 18.6. The summed E-state index contributed by atoms with van der Waals surface area (Å²) in [6, 6.07) is 8.58. The molecule has 2 aromatic carbocycles. The third kappa shape index (κ3) is 4.02. The minimum Gasteiger partial charge on any atom is -0.367 e. The van der Waals surface area contributed by atoms with Gasteiger partial charge in [-0.3, -0.25) is 0 Å². The van der Waals surface area contributed by atoms with Gasteiger partial charge in [0.15, 0.2) is 11.6 Å². The Morgan fingerprint density at radius 1 is 1.09 bits per heavy atom. The second-order valence-electron chi connectivity index (χ2n) is 8.42. The fourth-order valence-corrected chi connectivity index (χ4v) is 4.57. The summed E-state index contributed by atoms with van der Waals surface area (Å²) >= 11 is 6.09. The van der Waals surface area contributed by atoms with Crippen LogP contribution in [0, 0.1) is 11.6 Å². The minimum atomic E-state index is -0.629. The Morgan fingerprint density at radius 3 is 2.81 bits per heavy atom. The molecule has 0 aliphatic carbocycles. The summed E-state index contributed by atoms with van der Waals surface area (Å²) in [7, 11) is 2.13. The van der Waals surface area contributed by atoms with Gasteiger partial charge in [0.05, 0.1) is 16.9 Å². The molecule has 2 aliphatic heterocycles. The molecule has 0 saturated carbocycles. The highest BCUT2D eigenvalue weighted by Gasteiger charge is 2.23. The van der Waals surface area contributed by atoms with E-state index in [0.29, 0.717) is 18.2 Å². The number of hydrogen-bond acceptors (Lipinski definition) is 5. The number of anilines is 2. The van der Waals surface area contributed by atoms with Gasteiger partial charge in [0.1, 0.15) is 11.6 Å². The molecule has 0 bridgehead atoms. The molecule has 166 valence electrons. The van der Waals surface area contributed by atoms with Gasteiger partial charge >= 0.3 is 0 Å². The summed E-state index contributed by atoms with van der Waals surface area (Å²) in [6.45, 7) is 3.45. The number of benzene rings is 2. The maximum Gasteiger partial charge on any atom is 0.172 e. The van der Waals surface area contributed by atoms with Crippen molar-refractivity contribution >= 4 is 23.2 Å². The largest absolute Gasteiger partial charge is 0.367 e. The molecule has 0 fully saturated rings. The highest BCUT2D eigenvalue weighted by atomic mass is 35.5. The number of rotatable bonds is 3. The lowest BCUT2D eigenvalue weighted by molar-refractivity contribution is 0.313. The predicted octanol–water partition coefficient (Wildman–Crippen LogP) is 4.89. The molecule has 0 unspecified atom stereocenters. The zero-order chi connectivity index (χ0) is 22.2. The number of halogens is 3. The molecule has 1 aromatic heterocycles. The highest BCUT2D eigenvalue weighted by Crippen LogP contribution is 2.32. The zero-order valence-electron chi connectivity index (χ0n) is 17.8. The van der Waals surface area contributed by atoms with Crippen LogP contribution in [0.3, 0.4) is 0 Å². The summed E-state index contributed by atoms with van der Waals surface area (Å²) in [4.78, 5) is 13.7. The quantitative estimate of drug-likeness (QED) is 0.570. The fraction of sp³-hybridized carbons (Fsp3) is 0.333. The van der Waals surface area contributed by atoms with Crippen molar-refractivity contribution in [3.63, 3.8) is 0 Å². The molecule has 1 N–H and O–H groups in total. The lowest BCUT2D eigenvalue weighted by atomic mass is 9.96. The van der Waals surface area contributed by atoms with E-state index in [2.05, 4.69) is 40.4 Å². The van der Waals surface area contributed by atoms with Gasteiger partial charge in [0.25, 0.3) is 0 Å². The molecule has 0 radical (unpaired) electrons. The third-order valence-electron chi connectivity index (χ3n) is 6.14. The molecule has 0 amide bonds. The predicted molar refractivity (Wildman–Crippen MR) is 123 cm³/mol. The maximum atomic E-state index is 14.5. The van der Waals surface area contributed by atoms with Crippen molar-refractivity contribution in [2.45, 2.75) is 25.9 Å². The van der Waals surface area contributed by atoms with Crippen LogP contribution in [0.1, 0.15) is 23.1 Å². The van der Waals surface area contributed by atoms with E-state index in [0.717, 1.165) is 55.9 Å². The van der Waals surface area contributed by atoms with E-state index in [9.17, 15) is 8.78 Å². The Bertz CT molecular complexity index is 1170. The SMILES string of the molecule is CN1CCc2cc(-c3cnc4c(n3)N(Cc3c(F)ccc(F)c3Cl)CCCN4)ccc2C1. The van der Waals surface area contributed by atoms with Crippen molar-refractivity contribution < 1.29 is 8.78 Å². The number of nitrogens with one attached hydrogen (secondary N) is 1. The van der Waals surface area contributed by atoms with Gasteiger partial charge in [-0.1, -0.05) is 23.7 Å². The molecule has 5 nitrogen and oxygen atoms in total. The van der Waals surface area contributed by atoms with E-state index in [1.54, 1.807) is 6.20 Å². The van der Waals surface area contributed by atoms with Crippen LogP contribution in [0.5, 0.6) is 0 Å². The first-order chi connectivity index (χ1) is 15.5. The first kappa shape index (κ1) is 21.1. The summed E-state index contributed by atoms with van der Waals surface area (Å²) < 4.78 is 28.4. The first-order valence-electron chi connectivity index (χ1n) is 10.8. The van der Waals surface area contributed by atoms with Crippen LogP contribution >= 0.6 is 11.6 Å². The maximum absolute atomic E-state index is 14.5. The van der Waals surface area contributed by atoms with Gasteiger partial charge in [-0.15, -0.1) is 0 Å². The van der Waals surface area contributed by atoms with Crippen molar-refractivity contribution in [1.82, 2.24) is 14.9 Å². The monoisotopic (exact) mass is 455 g/mol. The van der Waals surface area contributed by atoms with Gasteiger partial charge in [0, 0.05) is 43.9 Å². The van der Waals surface area contributed by atoms with Gasteiger partial charge in [0.2, 0.25) is 0 Å². The summed E-state index contributed by atoms with van der Waals surface area (Å²) in [5.41, 5.74) is 4.56. The van der Waals surface area contributed by atoms with Crippen molar-refractivity contribution in [1.29, 1.82) is 0 Å². The molecular formula is C24H24ClF2N5. The first-order valence-corrected chi connectivity index (χ1v) is 11.2. The molecule has 5 rings (SSSR count). The van der Waals surface area contributed by atoms with Gasteiger partial charge in [-0.2, -0.15) is 0 Å². The Hall–Kier alpha value is -2.77. The van der Waals surface area contributed by atoms with Crippen molar-refractivity contribution in [3.05, 3.63) is 69.9 Å². The van der Waals surface area contributed by atoms with Crippen molar-refractivity contribution in [2.75, 3.05) is 36.9 Å². The van der Waals surface area contributed by atoms with Gasteiger partial charge < -0.3 is 15.1 Å². The van der Waals surface area contributed by atoms with Gasteiger partial charge in [-0.25, -0.2) is 18.7 Å². The third-order valence-corrected chi connectivity index (χ3v) is 6.55. The second-order valence-corrected chi connectivity index (χ2v) is 8.80. The Kier molecular flexibility index (Phi) is 5.69. The molecule has 3 aromatic rings. The Balaban J connectivity index is 1.51. The molecule has 8 heteroatoms. The summed E-state index contributed by atoms with van der Waals surface area (Å²) in [5.74, 6) is 0.102. The number of nitrogens with zero attached hydrogens (tertiary/aromatic N) is 4. The smallest absolute Gasteiger partial charge is 0.172 e. The van der Waals surface area contributed by atoms with Gasteiger partial charge in [-0.05, 0) is 49.2 Å².